The van der Waals surface area contributed by atoms with Gasteiger partial charge in [-0.15, -0.1) is 24.0 Å². The van der Waals surface area contributed by atoms with E-state index in [0.717, 1.165) is 5.56 Å². The lowest BCUT2D eigenvalue weighted by atomic mass is 9.96. The monoisotopic (exact) mass is 405 g/mol. The van der Waals surface area contributed by atoms with E-state index in [-0.39, 0.29) is 29.7 Å². The molecule has 6 heteroatoms. The predicted molar refractivity (Wildman–Crippen MR) is 95.4 cm³/mol. The number of aliphatic imine (C=N–C) groups is 1. The summed E-state index contributed by atoms with van der Waals surface area (Å²) in [5.41, 5.74) is 6.80. The van der Waals surface area contributed by atoms with Crippen molar-refractivity contribution in [1.29, 1.82) is 0 Å². The van der Waals surface area contributed by atoms with Crippen LogP contribution in [0.1, 0.15) is 37.7 Å². The third kappa shape index (κ3) is 5.61. The fourth-order valence-electron chi connectivity index (χ4n) is 2.51. The summed E-state index contributed by atoms with van der Waals surface area (Å²) in [6, 6.07) is 5.70. The Morgan fingerprint density at radius 1 is 1.38 bits per heavy atom. The Morgan fingerprint density at radius 2 is 2.10 bits per heavy atom. The van der Waals surface area contributed by atoms with Crippen molar-refractivity contribution in [2.45, 2.75) is 44.7 Å². The molecule has 0 radical (unpaired) electrons. The standard InChI is InChI=1S/C15H23N3O2.HI/c1-20-14-8-7-11(9-13(14)19)10-17-15(16)18-12-5-3-2-4-6-12;/h7-9,12,19H,2-6,10H2,1H3,(H3,16,17,18);1H. The average Bonchev–Trinajstić information content (AvgIpc) is 2.46. The first-order chi connectivity index (χ1) is 9.69. The molecular formula is C15H24IN3O2. The first-order valence-electron chi connectivity index (χ1n) is 7.11. The Balaban J connectivity index is 0.00000220. The van der Waals surface area contributed by atoms with E-state index < -0.39 is 0 Å². The topological polar surface area (TPSA) is 79.9 Å². The molecule has 0 aromatic heterocycles. The van der Waals surface area contributed by atoms with Crippen LogP contribution in [0.4, 0.5) is 0 Å². The zero-order chi connectivity index (χ0) is 14.4. The van der Waals surface area contributed by atoms with Crippen molar-refractivity contribution in [3.63, 3.8) is 0 Å². The highest BCUT2D eigenvalue weighted by atomic mass is 127. The fraction of sp³-hybridized carbons (Fsp3) is 0.533. The molecule has 0 saturated heterocycles. The van der Waals surface area contributed by atoms with Gasteiger partial charge in [0, 0.05) is 6.04 Å². The van der Waals surface area contributed by atoms with Crippen LogP contribution in [0.3, 0.4) is 0 Å². The second-order valence-electron chi connectivity index (χ2n) is 5.19. The van der Waals surface area contributed by atoms with Crippen molar-refractivity contribution in [2.24, 2.45) is 10.7 Å². The Labute approximate surface area is 143 Å². The molecule has 1 aliphatic carbocycles. The number of ether oxygens (including phenoxy) is 1. The van der Waals surface area contributed by atoms with Gasteiger partial charge in [0.1, 0.15) is 0 Å². The van der Waals surface area contributed by atoms with E-state index in [9.17, 15) is 5.11 Å². The number of hydrogen-bond donors (Lipinski definition) is 3. The van der Waals surface area contributed by atoms with Crippen LogP contribution < -0.4 is 15.8 Å². The summed E-state index contributed by atoms with van der Waals surface area (Å²) in [5.74, 6) is 1.07. The van der Waals surface area contributed by atoms with Gasteiger partial charge >= 0.3 is 0 Å². The van der Waals surface area contributed by atoms with E-state index in [2.05, 4.69) is 10.3 Å². The quantitative estimate of drug-likeness (QED) is 0.409. The molecule has 0 bridgehead atoms. The van der Waals surface area contributed by atoms with Crippen molar-refractivity contribution in [3.8, 4) is 11.5 Å². The van der Waals surface area contributed by atoms with Crippen LogP contribution in [0.15, 0.2) is 23.2 Å². The number of nitrogens with two attached hydrogens (primary N) is 1. The summed E-state index contributed by atoms with van der Waals surface area (Å²) in [6.07, 6.45) is 6.17. The molecule has 0 atom stereocenters. The number of rotatable bonds is 4. The molecule has 5 nitrogen and oxygen atoms in total. The molecule has 1 fully saturated rings. The summed E-state index contributed by atoms with van der Waals surface area (Å²) in [6.45, 7) is 0.448. The fourth-order valence-corrected chi connectivity index (χ4v) is 2.51. The van der Waals surface area contributed by atoms with Crippen LogP contribution in [-0.4, -0.2) is 24.2 Å². The van der Waals surface area contributed by atoms with Gasteiger partial charge in [-0.2, -0.15) is 0 Å². The van der Waals surface area contributed by atoms with Crippen LogP contribution >= 0.6 is 24.0 Å². The molecule has 0 spiro atoms. The molecule has 1 aromatic rings. The number of aromatic hydroxyl groups is 1. The van der Waals surface area contributed by atoms with Crippen LogP contribution in [0.25, 0.3) is 0 Å². The molecule has 0 heterocycles. The summed E-state index contributed by atoms with van der Waals surface area (Å²) >= 11 is 0. The van der Waals surface area contributed by atoms with E-state index in [1.54, 1.807) is 12.1 Å². The highest BCUT2D eigenvalue weighted by molar-refractivity contribution is 14.0. The van der Waals surface area contributed by atoms with Gasteiger partial charge in [-0.05, 0) is 30.5 Å². The molecule has 2 rings (SSSR count). The number of nitrogens with zero attached hydrogens (tertiary/aromatic N) is 1. The molecule has 21 heavy (non-hydrogen) atoms. The van der Waals surface area contributed by atoms with E-state index in [4.69, 9.17) is 10.5 Å². The number of methoxy groups -OCH3 is 1. The van der Waals surface area contributed by atoms with Gasteiger partial charge in [-0.25, -0.2) is 4.99 Å². The van der Waals surface area contributed by atoms with Gasteiger partial charge in [-0.1, -0.05) is 25.3 Å². The van der Waals surface area contributed by atoms with Gasteiger partial charge in [0.2, 0.25) is 0 Å². The summed E-state index contributed by atoms with van der Waals surface area (Å²) < 4.78 is 5.00. The highest BCUT2D eigenvalue weighted by Crippen LogP contribution is 2.26. The maximum atomic E-state index is 9.70. The largest absolute Gasteiger partial charge is 0.504 e. The molecule has 1 saturated carbocycles. The number of hydrogen-bond acceptors (Lipinski definition) is 3. The van der Waals surface area contributed by atoms with Gasteiger partial charge in [0.05, 0.1) is 13.7 Å². The lowest BCUT2D eigenvalue weighted by Crippen LogP contribution is -2.41. The molecule has 0 amide bonds. The second kappa shape index (κ2) is 8.96. The van der Waals surface area contributed by atoms with Gasteiger partial charge in [0.15, 0.2) is 17.5 Å². The van der Waals surface area contributed by atoms with Crippen molar-refractivity contribution < 1.29 is 9.84 Å². The SMILES string of the molecule is COc1ccc(CN=C(N)NC2CCCCC2)cc1O.I. The van der Waals surface area contributed by atoms with E-state index in [1.807, 2.05) is 6.07 Å². The molecule has 0 aliphatic heterocycles. The van der Waals surface area contributed by atoms with Crippen LogP contribution in [0, 0.1) is 0 Å². The summed E-state index contributed by atoms with van der Waals surface area (Å²) in [5, 5.41) is 13.0. The van der Waals surface area contributed by atoms with Gasteiger partial charge in [0.25, 0.3) is 0 Å². The predicted octanol–water partition coefficient (Wildman–Crippen LogP) is 2.76. The Morgan fingerprint density at radius 3 is 2.71 bits per heavy atom. The number of halogens is 1. The van der Waals surface area contributed by atoms with E-state index in [0.29, 0.717) is 24.3 Å². The summed E-state index contributed by atoms with van der Waals surface area (Å²) in [4.78, 5) is 4.32. The smallest absolute Gasteiger partial charge is 0.189 e. The minimum absolute atomic E-state index is 0. The zero-order valence-corrected chi connectivity index (χ0v) is 14.7. The maximum absolute atomic E-state index is 9.70. The number of nitrogens with one attached hydrogen (secondary N) is 1. The Hall–Kier alpha value is -1.18. The van der Waals surface area contributed by atoms with E-state index in [1.165, 1.54) is 39.2 Å². The molecule has 4 N–H and O–H groups in total. The minimum atomic E-state index is 0. The summed E-state index contributed by atoms with van der Waals surface area (Å²) in [7, 11) is 1.53. The number of guanidine groups is 1. The Kier molecular flexibility index (Phi) is 7.63. The van der Waals surface area contributed by atoms with Crippen LogP contribution in [-0.2, 0) is 6.54 Å². The first kappa shape index (κ1) is 17.9. The van der Waals surface area contributed by atoms with Crippen molar-refractivity contribution in [3.05, 3.63) is 23.8 Å². The van der Waals surface area contributed by atoms with Crippen LogP contribution in [0.5, 0.6) is 11.5 Å². The minimum Gasteiger partial charge on any atom is -0.504 e. The normalized spacial score (nSPS) is 16.1. The lowest BCUT2D eigenvalue weighted by molar-refractivity contribution is 0.373. The lowest BCUT2D eigenvalue weighted by Gasteiger charge is -2.23. The molecular weight excluding hydrogens is 381 g/mol. The number of phenols is 1. The third-order valence-electron chi connectivity index (χ3n) is 3.63. The highest BCUT2D eigenvalue weighted by Gasteiger charge is 2.13. The zero-order valence-electron chi connectivity index (χ0n) is 12.3. The van der Waals surface area contributed by atoms with Gasteiger partial charge in [-0.3, -0.25) is 0 Å². The second-order valence-corrected chi connectivity index (χ2v) is 5.19. The first-order valence-corrected chi connectivity index (χ1v) is 7.11. The van der Waals surface area contributed by atoms with Crippen molar-refractivity contribution >= 4 is 29.9 Å². The third-order valence-corrected chi connectivity index (χ3v) is 3.63. The molecule has 118 valence electrons. The number of phenolic OH excluding ortho intramolecular Hbond substituents is 1. The van der Waals surface area contributed by atoms with Crippen molar-refractivity contribution in [1.82, 2.24) is 5.32 Å². The molecule has 0 unspecified atom stereocenters. The van der Waals surface area contributed by atoms with Crippen molar-refractivity contribution in [2.75, 3.05) is 7.11 Å². The average molecular weight is 405 g/mol. The Bertz CT molecular complexity index is 474. The molecule has 1 aliphatic rings. The van der Waals surface area contributed by atoms with Gasteiger partial charge < -0.3 is 20.9 Å². The van der Waals surface area contributed by atoms with Crippen LogP contribution in [0.2, 0.25) is 0 Å². The maximum Gasteiger partial charge on any atom is 0.189 e. The van der Waals surface area contributed by atoms with E-state index >= 15 is 0 Å². The molecule has 1 aromatic carbocycles. The number of benzene rings is 1.